The summed E-state index contributed by atoms with van der Waals surface area (Å²) in [4.78, 5) is 50.9. The number of carbonyl (C=O) groups excluding carboxylic acids is 4. The first-order valence-corrected chi connectivity index (χ1v) is 37.7. The maximum Gasteiger partial charge on any atom is 0.438 e. The molecule has 6 saturated heterocycles. The van der Waals surface area contributed by atoms with Crippen molar-refractivity contribution in [2.24, 2.45) is 35.5 Å². The quantitative estimate of drug-likeness (QED) is 0.0158. The maximum absolute atomic E-state index is 13.2. The highest BCUT2D eigenvalue weighted by Gasteiger charge is 2.78. The van der Waals surface area contributed by atoms with E-state index in [1.807, 2.05) is 0 Å². The van der Waals surface area contributed by atoms with Crippen LogP contribution >= 0.6 is 0 Å². The third kappa shape index (κ3) is 17.4. The zero-order valence-corrected chi connectivity index (χ0v) is 56.6. The number of benzene rings is 4. The third-order valence-corrected chi connectivity index (χ3v) is 24.8. The molecule has 6 aliphatic heterocycles. The summed E-state index contributed by atoms with van der Waals surface area (Å²) in [5.74, 6) is -12.4. The zero-order valence-electron chi connectivity index (χ0n) is 53.3. The first-order valence-electron chi connectivity index (χ1n) is 31.4. The van der Waals surface area contributed by atoms with Gasteiger partial charge in [0.15, 0.2) is 9.79 Å². The SMILES string of the molecule is COCCOCCOc1ccc([S+]2CCCC2)c2ccccc12.COCCOCCOc1ccc([S+]2CCCC2)c2ccccc12.O=C(OC(CS(=O)(=O)[O-])(C(F)(F)F)C(F)(F)F)C1C2CC3OC(=O)C1C3C2.O=C(OC(CS(=O)(=O)[O-])(C(F)(F)F)C(F)(F)F)C1C2CC3OC(=O)C1C3O2. The van der Waals surface area contributed by atoms with Gasteiger partial charge in [-0.25, -0.2) is 16.8 Å². The van der Waals surface area contributed by atoms with Gasteiger partial charge in [0, 0.05) is 69.9 Å². The van der Waals surface area contributed by atoms with Crippen molar-refractivity contribution in [2.45, 2.75) is 115 Å². The topological polar surface area (TPSA) is 284 Å². The van der Waals surface area contributed by atoms with Crippen LogP contribution in [0.1, 0.15) is 44.9 Å². The number of alkyl halides is 12. The highest BCUT2D eigenvalue weighted by Crippen LogP contribution is 2.59. The summed E-state index contributed by atoms with van der Waals surface area (Å²) >= 11 is 0. The molecule has 10 unspecified atom stereocenters. The molecule has 4 aromatic rings. The summed E-state index contributed by atoms with van der Waals surface area (Å²) in [6.07, 6.45) is -23.8. The Labute approximate surface area is 571 Å². The average molecular weight is 1520 g/mol. The van der Waals surface area contributed by atoms with Crippen molar-refractivity contribution in [2.75, 3.05) is 102 Å². The number of fused-ring (bicyclic) bond motifs is 4. The second-order valence-electron chi connectivity index (χ2n) is 24.6. The van der Waals surface area contributed by atoms with Gasteiger partial charge in [0.1, 0.15) is 72.0 Å². The van der Waals surface area contributed by atoms with E-state index < -0.39 is 151 Å². The predicted molar refractivity (Wildman–Crippen MR) is 328 cm³/mol. The van der Waals surface area contributed by atoms with Crippen molar-refractivity contribution in [3.63, 3.8) is 0 Å². The van der Waals surface area contributed by atoms with E-state index in [1.54, 1.807) is 14.2 Å². The van der Waals surface area contributed by atoms with Gasteiger partial charge in [-0.05, 0) is 80.8 Å². The van der Waals surface area contributed by atoms with Crippen LogP contribution in [0.25, 0.3) is 21.5 Å². The molecule has 2 aliphatic carbocycles. The number of halogens is 12. The first-order chi connectivity index (χ1) is 46.9. The van der Waals surface area contributed by atoms with E-state index in [0.717, 1.165) is 11.5 Å². The molecule has 556 valence electrons. The van der Waals surface area contributed by atoms with Crippen LogP contribution in [0.15, 0.2) is 82.6 Å². The molecule has 0 N–H and O–H groups in total. The lowest BCUT2D eigenvalue weighted by atomic mass is 9.80. The highest BCUT2D eigenvalue weighted by atomic mass is 32.2. The van der Waals surface area contributed by atoms with E-state index in [0.29, 0.717) is 74.6 Å². The molecule has 12 rings (SSSR count). The normalized spacial score (nSPS) is 25.0. The Kier molecular flexibility index (Phi) is 24.9. The number of esters is 4. The number of hydrogen-bond acceptors (Lipinski definition) is 21. The number of ether oxygens (including phenoxy) is 11. The summed E-state index contributed by atoms with van der Waals surface area (Å²) in [6, 6.07) is 26.1. The number of rotatable bonds is 24. The summed E-state index contributed by atoms with van der Waals surface area (Å²) in [6.45, 7) is 4.79. The van der Waals surface area contributed by atoms with Crippen molar-refractivity contribution in [1.29, 1.82) is 0 Å². The van der Waals surface area contributed by atoms with Crippen LogP contribution in [0.5, 0.6) is 11.5 Å². The van der Waals surface area contributed by atoms with Crippen LogP contribution in [-0.4, -0.2) is 212 Å². The molecule has 6 heterocycles. The predicted octanol–water partition coefficient (Wildman–Crippen LogP) is 8.71. The molecule has 0 amide bonds. The standard InChI is InChI=1S/2C19H25O3S.C13H12F6O7S.C12H10F6O8S/c2*1-20-10-11-21-12-13-22-18-8-9-19(23-14-4-5-15-23)17-7-3-2-6-16(17)18;14-12(15,16)11(13(17,18)19,3-27(22,23)24)26-10(21)7-4-1-5-6(2-4)25-9(20)8(5)7;13-11(14,15)10(12(16,17)18,2-27(21,22)23)26-9(20)5-3-1-4-7(24-3)6(5)8(19)25-4/h2*2-3,6-9H,4-5,10-15H2,1H3;4-8H,1-3H2,(H,22,23,24);3-7H,1-2H2,(H,21,22,23)/q2*+1;;/p-2. The minimum absolute atomic E-state index is 0.0809. The van der Waals surface area contributed by atoms with Crippen LogP contribution in [0.2, 0.25) is 0 Å². The third-order valence-electron chi connectivity index (χ3n) is 18.2. The zero-order chi connectivity index (χ0) is 73.0. The molecule has 0 aromatic heterocycles. The largest absolute Gasteiger partial charge is 0.748 e. The fraction of sp³-hybridized carbons (Fsp3) is 0.619. The van der Waals surface area contributed by atoms with E-state index >= 15 is 0 Å². The molecule has 21 nitrogen and oxygen atoms in total. The fourth-order valence-corrected chi connectivity index (χ4v) is 20.5. The van der Waals surface area contributed by atoms with Gasteiger partial charge < -0.3 is 61.2 Å². The van der Waals surface area contributed by atoms with Gasteiger partial charge in [-0.1, -0.05) is 36.4 Å². The molecule has 10 atom stereocenters. The Morgan fingerprint density at radius 3 is 1.29 bits per heavy atom. The van der Waals surface area contributed by atoms with Crippen molar-refractivity contribution < 1.29 is 150 Å². The Hall–Kier alpha value is -5.64. The van der Waals surface area contributed by atoms with Crippen LogP contribution < -0.4 is 9.47 Å². The Morgan fingerprint density at radius 1 is 0.490 bits per heavy atom. The van der Waals surface area contributed by atoms with E-state index in [4.69, 9.17) is 42.6 Å². The van der Waals surface area contributed by atoms with E-state index in [9.17, 15) is 97.8 Å². The van der Waals surface area contributed by atoms with E-state index in [-0.39, 0.29) is 19.3 Å². The lowest BCUT2D eigenvalue weighted by Gasteiger charge is -2.38. The second kappa shape index (κ2) is 31.8. The van der Waals surface area contributed by atoms with Crippen molar-refractivity contribution in [1.82, 2.24) is 0 Å². The van der Waals surface area contributed by atoms with Gasteiger partial charge in [-0.2, -0.15) is 52.7 Å². The molecule has 8 aliphatic rings. The molecule has 37 heteroatoms. The lowest BCUT2D eigenvalue weighted by molar-refractivity contribution is -0.362. The van der Waals surface area contributed by atoms with Crippen molar-refractivity contribution in [3.8, 4) is 11.5 Å². The highest BCUT2D eigenvalue weighted by molar-refractivity contribution is 7.97. The van der Waals surface area contributed by atoms with Gasteiger partial charge in [0.25, 0.3) is 0 Å². The molecule has 8 fully saturated rings. The van der Waals surface area contributed by atoms with Crippen molar-refractivity contribution >= 4 is 87.4 Å². The lowest BCUT2D eigenvalue weighted by Crippen LogP contribution is -2.64. The van der Waals surface area contributed by atoms with Gasteiger partial charge in [0.2, 0.25) is 0 Å². The average Bonchev–Trinajstić information content (AvgIpc) is 1.52. The van der Waals surface area contributed by atoms with Crippen molar-refractivity contribution in [3.05, 3.63) is 72.8 Å². The summed E-state index contributed by atoms with van der Waals surface area (Å²) < 4.78 is 278. The van der Waals surface area contributed by atoms with E-state index in [1.165, 1.54) is 80.0 Å². The number of methoxy groups -OCH3 is 2. The van der Waals surface area contributed by atoms with Crippen LogP contribution in [0, 0.1) is 35.5 Å². The Bertz CT molecular complexity index is 3500. The monoisotopic (exact) mass is 1520 g/mol. The smallest absolute Gasteiger partial charge is 0.438 e. The van der Waals surface area contributed by atoms with Gasteiger partial charge >= 0.3 is 59.8 Å². The van der Waals surface area contributed by atoms with Gasteiger partial charge in [-0.3, -0.25) is 19.2 Å². The number of carbonyl (C=O) groups is 4. The molecule has 4 aromatic carbocycles. The Balaban J connectivity index is 0.000000156. The summed E-state index contributed by atoms with van der Waals surface area (Å²) in [5.41, 5.74) is -11.1. The molecule has 100 heavy (non-hydrogen) atoms. The summed E-state index contributed by atoms with van der Waals surface area (Å²) in [5, 5.41) is 5.16. The second-order valence-corrected chi connectivity index (χ2v) is 31.8. The molecular weight excluding hydrogens is 1450 g/mol. The van der Waals surface area contributed by atoms with Crippen LogP contribution in [-0.2, 0) is 104 Å². The molecule has 2 saturated carbocycles. The Morgan fingerprint density at radius 2 is 0.880 bits per heavy atom. The molecule has 0 spiro atoms. The van der Waals surface area contributed by atoms with Gasteiger partial charge in [-0.15, -0.1) is 0 Å². The van der Waals surface area contributed by atoms with Gasteiger partial charge in [0.05, 0.1) is 95.2 Å². The number of hydrogen-bond donors (Lipinski definition) is 0. The molecule has 0 radical (unpaired) electrons. The van der Waals surface area contributed by atoms with Crippen LogP contribution in [0.4, 0.5) is 52.7 Å². The minimum atomic E-state index is -6.48. The molecular formula is C63H70F12O21S4. The fourth-order valence-electron chi connectivity index (χ4n) is 13.8. The maximum atomic E-state index is 13.2. The first kappa shape index (κ1) is 78.5. The summed E-state index contributed by atoms with van der Waals surface area (Å²) in [7, 11) is -8.05. The van der Waals surface area contributed by atoms with E-state index in [2.05, 4.69) is 82.3 Å². The molecule has 4 bridgehead atoms. The minimum Gasteiger partial charge on any atom is -0.748 e. The van der Waals surface area contributed by atoms with Crippen LogP contribution in [0.3, 0.4) is 0 Å².